The van der Waals surface area contributed by atoms with Crippen LogP contribution in [0.25, 0.3) is 0 Å². The van der Waals surface area contributed by atoms with Gasteiger partial charge >= 0.3 is 10.1 Å². The molecule has 128 valence electrons. The molecule has 0 aliphatic carbocycles. The number of hydrogen-bond acceptors (Lipinski definition) is 4. The summed E-state index contributed by atoms with van der Waals surface area (Å²) in [6, 6.07) is 23.4. The zero-order chi connectivity index (χ0) is 17.9. The van der Waals surface area contributed by atoms with Gasteiger partial charge in [0.25, 0.3) is 0 Å². The Morgan fingerprint density at radius 1 is 0.800 bits per heavy atom. The van der Waals surface area contributed by atoms with Crippen molar-refractivity contribution >= 4 is 21.5 Å². The van der Waals surface area contributed by atoms with Gasteiger partial charge in [0.05, 0.1) is 5.69 Å². The highest BCUT2D eigenvalue weighted by Gasteiger charge is 2.19. The van der Waals surface area contributed by atoms with Crippen molar-refractivity contribution in [2.24, 2.45) is 0 Å². The van der Waals surface area contributed by atoms with Gasteiger partial charge in [-0.25, -0.2) is 0 Å². The van der Waals surface area contributed by atoms with E-state index in [1.165, 1.54) is 0 Å². The predicted octanol–water partition coefficient (Wildman–Crippen LogP) is 4.53. The van der Waals surface area contributed by atoms with Crippen molar-refractivity contribution in [3.63, 3.8) is 0 Å². The SMILES string of the molecule is Cc1ccc(S(=O)(=O)Oc2ccccc2N(C)c2ccccc2)cc1. The van der Waals surface area contributed by atoms with Gasteiger partial charge in [0.15, 0.2) is 5.75 Å². The molecule has 0 saturated carbocycles. The smallest absolute Gasteiger partial charge is 0.339 e. The third kappa shape index (κ3) is 3.83. The predicted molar refractivity (Wildman–Crippen MR) is 99.9 cm³/mol. The molecule has 0 atom stereocenters. The zero-order valence-corrected chi connectivity index (χ0v) is 14.9. The second kappa shape index (κ2) is 6.99. The lowest BCUT2D eigenvalue weighted by Gasteiger charge is -2.22. The minimum absolute atomic E-state index is 0.135. The number of rotatable bonds is 5. The minimum Gasteiger partial charge on any atom is -0.377 e. The lowest BCUT2D eigenvalue weighted by Crippen LogP contribution is -2.14. The molecule has 0 radical (unpaired) electrons. The van der Waals surface area contributed by atoms with Crippen LogP contribution in [0.3, 0.4) is 0 Å². The Bertz CT molecular complexity index is 952. The van der Waals surface area contributed by atoms with Crippen LogP contribution in [-0.4, -0.2) is 15.5 Å². The molecule has 0 unspecified atom stereocenters. The molecule has 0 fully saturated rings. The van der Waals surface area contributed by atoms with Crippen LogP contribution in [0.5, 0.6) is 5.75 Å². The van der Waals surface area contributed by atoms with Gasteiger partial charge in [0.2, 0.25) is 0 Å². The number of para-hydroxylation sites is 3. The van der Waals surface area contributed by atoms with E-state index in [2.05, 4.69) is 0 Å². The molecule has 3 aromatic carbocycles. The maximum atomic E-state index is 12.6. The molecule has 0 bridgehead atoms. The number of benzene rings is 3. The second-order valence-electron chi connectivity index (χ2n) is 5.71. The summed E-state index contributed by atoms with van der Waals surface area (Å²) in [6.45, 7) is 1.90. The summed E-state index contributed by atoms with van der Waals surface area (Å²) in [5.41, 5.74) is 2.60. The van der Waals surface area contributed by atoms with Crippen molar-refractivity contribution in [3.8, 4) is 5.75 Å². The standard InChI is InChI=1S/C20H19NO3S/c1-16-12-14-18(15-13-16)25(22,23)24-20-11-7-6-10-19(20)21(2)17-8-4-3-5-9-17/h3-15H,1-2H3. The third-order valence-electron chi connectivity index (χ3n) is 3.88. The van der Waals surface area contributed by atoms with Crippen molar-refractivity contribution in [1.29, 1.82) is 0 Å². The van der Waals surface area contributed by atoms with Crippen LogP contribution in [0, 0.1) is 6.92 Å². The molecule has 0 amide bonds. The highest BCUT2D eigenvalue weighted by atomic mass is 32.2. The largest absolute Gasteiger partial charge is 0.377 e. The van der Waals surface area contributed by atoms with E-state index in [0.717, 1.165) is 11.3 Å². The normalized spacial score (nSPS) is 11.1. The average molecular weight is 353 g/mol. The van der Waals surface area contributed by atoms with Gasteiger partial charge in [-0.15, -0.1) is 0 Å². The first kappa shape index (κ1) is 17.0. The quantitative estimate of drug-likeness (QED) is 0.632. The zero-order valence-electron chi connectivity index (χ0n) is 14.1. The number of aryl methyl sites for hydroxylation is 1. The first-order valence-corrected chi connectivity index (χ1v) is 9.27. The molecule has 25 heavy (non-hydrogen) atoms. The lowest BCUT2D eigenvalue weighted by molar-refractivity contribution is 0.486. The third-order valence-corrected chi connectivity index (χ3v) is 5.13. The van der Waals surface area contributed by atoms with Gasteiger partial charge in [-0.3, -0.25) is 0 Å². The number of anilines is 2. The van der Waals surface area contributed by atoms with Crippen molar-refractivity contribution in [2.45, 2.75) is 11.8 Å². The van der Waals surface area contributed by atoms with E-state index < -0.39 is 10.1 Å². The van der Waals surface area contributed by atoms with Crippen LogP contribution in [0.4, 0.5) is 11.4 Å². The summed E-state index contributed by atoms with van der Waals surface area (Å²) < 4.78 is 30.6. The molecule has 5 heteroatoms. The van der Waals surface area contributed by atoms with Gasteiger partial charge in [0.1, 0.15) is 4.90 Å². The fourth-order valence-electron chi connectivity index (χ4n) is 2.47. The summed E-state index contributed by atoms with van der Waals surface area (Å²) in [5, 5.41) is 0. The fourth-order valence-corrected chi connectivity index (χ4v) is 3.41. The molecule has 0 aliphatic heterocycles. The summed E-state index contributed by atoms with van der Waals surface area (Å²) >= 11 is 0. The van der Waals surface area contributed by atoms with Gasteiger partial charge in [0, 0.05) is 12.7 Å². The molecule has 0 heterocycles. The molecule has 0 aliphatic rings. The van der Waals surface area contributed by atoms with E-state index >= 15 is 0 Å². The van der Waals surface area contributed by atoms with E-state index in [0.29, 0.717) is 5.69 Å². The summed E-state index contributed by atoms with van der Waals surface area (Å²) in [5.74, 6) is 0.287. The maximum Gasteiger partial charge on any atom is 0.339 e. The van der Waals surface area contributed by atoms with Crippen LogP contribution >= 0.6 is 0 Å². The van der Waals surface area contributed by atoms with E-state index in [-0.39, 0.29) is 10.6 Å². The topological polar surface area (TPSA) is 46.6 Å². The Labute approximate surface area is 148 Å². The van der Waals surface area contributed by atoms with Crippen LogP contribution in [-0.2, 0) is 10.1 Å². The molecule has 3 aromatic rings. The van der Waals surface area contributed by atoms with Crippen LogP contribution in [0.15, 0.2) is 83.8 Å². The molecule has 0 N–H and O–H groups in total. The second-order valence-corrected chi connectivity index (χ2v) is 7.26. The number of hydrogen-bond donors (Lipinski definition) is 0. The maximum absolute atomic E-state index is 12.6. The van der Waals surface area contributed by atoms with Crippen molar-refractivity contribution in [2.75, 3.05) is 11.9 Å². The molecule has 0 spiro atoms. The lowest BCUT2D eigenvalue weighted by atomic mass is 10.2. The molecule has 3 rings (SSSR count). The summed E-state index contributed by atoms with van der Waals surface area (Å²) in [4.78, 5) is 2.02. The van der Waals surface area contributed by atoms with Gasteiger partial charge in [-0.05, 0) is 43.3 Å². The van der Waals surface area contributed by atoms with Gasteiger partial charge in [-0.1, -0.05) is 48.0 Å². The van der Waals surface area contributed by atoms with Crippen LogP contribution < -0.4 is 9.08 Å². The van der Waals surface area contributed by atoms with E-state index in [9.17, 15) is 8.42 Å². The Morgan fingerprint density at radius 3 is 2.08 bits per heavy atom. The van der Waals surface area contributed by atoms with E-state index in [1.54, 1.807) is 36.4 Å². The minimum atomic E-state index is -3.89. The molecular formula is C20H19NO3S. The highest BCUT2D eigenvalue weighted by molar-refractivity contribution is 7.87. The van der Waals surface area contributed by atoms with Crippen molar-refractivity contribution < 1.29 is 12.6 Å². The van der Waals surface area contributed by atoms with Crippen LogP contribution in [0.1, 0.15) is 5.56 Å². The van der Waals surface area contributed by atoms with Gasteiger partial charge in [-0.2, -0.15) is 8.42 Å². The average Bonchev–Trinajstić information content (AvgIpc) is 2.62. The Morgan fingerprint density at radius 2 is 1.40 bits per heavy atom. The summed E-state index contributed by atoms with van der Waals surface area (Å²) in [6.07, 6.45) is 0. The first-order chi connectivity index (χ1) is 12.0. The first-order valence-electron chi connectivity index (χ1n) is 7.86. The van der Waals surface area contributed by atoms with Crippen molar-refractivity contribution in [3.05, 3.63) is 84.4 Å². The Balaban J connectivity index is 1.95. The molecule has 0 aromatic heterocycles. The van der Waals surface area contributed by atoms with Crippen LogP contribution in [0.2, 0.25) is 0 Å². The Hall–Kier alpha value is -2.79. The van der Waals surface area contributed by atoms with E-state index in [1.807, 2.05) is 61.3 Å². The Kier molecular flexibility index (Phi) is 4.76. The molecular weight excluding hydrogens is 334 g/mol. The fraction of sp³-hybridized carbons (Fsp3) is 0.100. The van der Waals surface area contributed by atoms with Gasteiger partial charge < -0.3 is 9.08 Å². The molecule has 4 nitrogen and oxygen atoms in total. The van der Waals surface area contributed by atoms with E-state index in [4.69, 9.17) is 4.18 Å². The number of nitrogens with zero attached hydrogens (tertiary/aromatic N) is 1. The highest BCUT2D eigenvalue weighted by Crippen LogP contribution is 2.34. The van der Waals surface area contributed by atoms with Crippen molar-refractivity contribution in [1.82, 2.24) is 0 Å². The molecule has 0 saturated heterocycles. The monoisotopic (exact) mass is 353 g/mol. The summed E-state index contributed by atoms with van der Waals surface area (Å²) in [7, 11) is -2.02.